The number of benzene rings is 2. The standard InChI is InChI=1S/C20H27N3O2/c1-25-18(14-21)13-20(24)23-11-9-22(10-12-23)15-17-7-4-6-16-5-2-3-8-19(16)17/h2-8,18H,9-15,21H2,1H3. The predicted molar refractivity (Wildman–Crippen MR) is 100 cm³/mol. The summed E-state index contributed by atoms with van der Waals surface area (Å²) < 4.78 is 5.22. The van der Waals surface area contributed by atoms with Crippen LogP contribution in [0.1, 0.15) is 12.0 Å². The molecule has 2 aromatic rings. The van der Waals surface area contributed by atoms with Crippen molar-refractivity contribution in [2.24, 2.45) is 5.73 Å². The smallest absolute Gasteiger partial charge is 0.225 e. The van der Waals surface area contributed by atoms with Crippen molar-refractivity contribution in [3.05, 3.63) is 48.0 Å². The number of hydrogen-bond donors (Lipinski definition) is 1. The molecular weight excluding hydrogens is 314 g/mol. The largest absolute Gasteiger partial charge is 0.380 e. The summed E-state index contributed by atoms with van der Waals surface area (Å²) >= 11 is 0. The van der Waals surface area contributed by atoms with Crippen molar-refractivity contribution in [2.45, 2.75) is 19.1 Å². The number of methoxy groups -OCH3 is 1. The molecule has 134 valence electrons. The second-order valence-electron chi connectivity index (χ2n) is 6.59. The fourth-order valence-corrected chi connectivity index (χ4v) is 3.41. The van der Waals surface area contributed by atoms with Crippen LogP contribution in [0.3, 0.4) is 0 Å². The zero-order valence-electron chi connectivity index (χ0n) is 14.9. The predicted octanol–water partition coefficient (Wildman–Crippen LogP) is 1.85. The lowest BCUT2D eigenvalue weighted by molar-refractivity contribution is -0.135. The van der Waals surface area contributed by atoms with Gasteiger partial charge in [0.15, 0.2) is 0 Å². The van der Waals surface area contributed by atoms with Gasteiger partial charge in [0, 0.05) is 46.4 Å². The van der Waals surface area contributed by atoms with Crippen LogP contribution in [-0.4, -0.2) is 61.6 Å². The Morgan fingerprint density at radius 1 is 1.12 bits per heavy atom. The van der Waals surface area contributed by atoms with E-state index in [0.29, 0.717) is 13.0 Å². The molecule has 1 atom stereocenters. The highest BCUT2D eigenvalue weighted by atomic mass is 16.5. The quantitative estimate of drug-likeness (QED) is 0.871. The van der Waals surface area contributed by atoms with Crippen molar-refractivity contribution in [1.82, 2.24) is 9.80 Å². The Labute approximate surface area is 149 Å². The summed E-state index contributed by atoms with van der Waals surface area (Å²) in [7, 11) is 1.60. The van der Waals surface area contributed by atoms with Crippen molar-refractivity contribution >= 4 is 16.7 Å². The van der Waals surface area contributed by atoms with Gasteiger partial charge in [-0.05, 0) is 16.3 Å². The number of nitrogens with zero attached hydrogens (tertiary/aromatic N) is 2. The van der Waals surface area contributed by atoms with E-state index in [1.807, 2.05) is 4.90 Å². The third-order valence-electron chi connectivity index (χ3n) is 5.00. The second kappa shape index (κ2) is 8.43. The van der Waals surface area contributed by atoms with E-state index in [0.717, 1.165) is 32.7 Å². The normalized spacial score (nSPS) is 17.0. The summed E-state index contributed by atoms with van der Waals surface area (Å²) in [6, 6.07) is 15.0. The van der Waals surface area contributed by atoms with Gasteiger partial charge in [-0.15, -0.1) is 0 Å². The van der Waals surface area contributed by atoms with Gasteiger partial charge in [-0.2, -0.15) is 0 Å². The second-order valence-corrected chi connectivity index (χ2v) is 6.59. The monoisotopic (exact) mass is 341 g/mol. The van der Waals surface area contributed by atoms with Crippen LogP contribution in [0.4, 0.5) is 0 Å². The van der Waals surface area contributed by atoms with E-state index in [1.165, 1.54) is 16.3 Å². The number of nitrogens with two attached hydrogens (primary N) is 1. The van der Waals surface area contributed by atoms with E-state index >= 15 is 0 Å². The van der Waals surface area contributed by atoms with Crippen LogP contribution in [0.15, 0.2) is 42.5 Å². The highest BCUT2D eigenvalue weighted by Gasteiger charge is 2.23. The van der Waals surface area contributed by atoms with E-state index in [1.54, 1.807) is 7.11 Å². The summed E-state index contributed by atoms with van der Waals surface area (Å²) in [6.45, 7) is 4.63. The van der Waals surface area contributed by atoms with E-state index < -0.39 is 0 Å². The molecule has 1 unspecified atom stereocenters. The molecule has 2 N–H and O–H groups in total. The Bertz CT molecular complexity index is 702. The first-order chi connectivity index (χ1) is 12.2. The first-order valence-electron chi connectivity index (χ1n) is 8.91. The molecule has 0 radical (unpaired) electrons. The van der Waals surface area contributed by atoms with Gasteiger partial charge in [0.25, 0.3) is 0 Å². The van der Waals surface area contributed by atoms with Crippen LogP contribution >= 0.6 is 0 Å². The minimum Gasteiger partial charge on any atom is -0.380 e. The van der Waals surface area contributed by atoms with Gasteiger partial charge in [0.1, 0.15) is 0 Å². The third kappa shape index (κ3) is 4.37. The highest BCUT2D eigenvalue weighted by molar-refractivity contribution is 5.85. The molecule has 0 aliphatic carbocycles. The zero-order chi connectivity index (χ0) is 17.6. The van der Waals surface area contributed by atoms with Crippen molar-refractivity contribution < 1.29 is 9.53 Å². The molecule has 2 aromatic carbocycles. The van der Waals surface area contributed by atoms with E-state index in [4.69, 9.17) is 10.5 Å². The van der Waals surface area contributed by atoms with Gasteiger partial charge >= 0.3 is 0 Å². The minimum absolute atomic E-state index is 0.141. The maximum atomic E-state index is 12.3. The van der Waals surface area contributed by atoms with Crippen LogP contribution in [-0.2, 0) is 16.1 Å². The summed E-state index contributed by atoms with van der Waals surface area (Å²) in [5.41, 5.74) is 6.96. The van der Waals surface area contributed by atoms with E-state index in [9.17, 15) is 4.79 Å². The first-order valence-corrected chi connectivity index (χ1v) is 8.91. The minimum atomic E-state index is -0.179. The molecule has 25 heavy (non-hydrogen) atoms. The molecule has 5 nitrogen and oxygen atoms in total. The molecule has 0 aromatic heterocycles. The number of piperazine rings is 1. The molecule has 1 aliphatic rings. The number of carbonyl (C=O) groups excluding carboxylic acids is 1. The van der Waals surface area contributed by atoms with Gasteiger partial charge in [-0.1, -0.05) is 42.5 Å². The van der Waals surface area contributed by atoms with Crippen LogP contribution in [0.2, 0.25) is 0 Å². The fourth-order valence-electron chi connectivity index (χ4n) is 3.41. The summed E-state index contributed by atoms with van der Waals surface area (Å²) in [5, 5.41) is 2.59. The molecule has 0 bridgehead atoms. The molecule has 1 amide bonds. The Balaban J connectivity index is 1.56. The topological polar surface area (TPSA) is 58.8 Å². The summed E-state index contributed by atoms with van der Waals surface area (Å²) in [6.07, 6.45) is 0.192. The van der Waals surface area contributed by atoms with Gasteiger partial charge in [-0.3, -0.25) is 9.69 Å². The lowest BCUT2D eigenvalue weighted by Crippen LogP contribution is -2.49. The molecular formula is C20H27N3O2. The zero-order valence-corrected chi connectivity index (χ0v) is 14.9. The van der Waals surface area contributed by atoms with E-state index in [-0.39, 0.29) is 12.0 Å². The van der Waals surface area contributed by atoms with Gasteiger partial charge in [-0.25, -0.2) is 0 Å². The number of amides is 1. The maximum Gasteiger partial charge on any atom is 0.225 e. The lowest BCUT2D eigenvalue weighted by Gasteiger charge is -2.35. The van der Waals surface area contributed by atoms with Crippen molar-refractivity contribution in [2.75, 3.05) is 39.8 Å². The Morgan fingerprint density at radius 3 is 2.56 bits per heavy atom. The SMILES string of the molecule is COC(CN)CC(=O)N1CCN(Cc2cccc3ccccc23)CC1. The van der Waals surface area contributed by atoms with Gasteiger partial charge in [0.2, 0.25) is 5.91 Å². The van der Waals surface area contributed by atoms with Crippen LogP contribution < -0.4 is 5.73 Å². The Morgan fingerprint density at radius 2 is 1.84 bits per heavy atom. The van der Waals surface area contributed by atoms with Crippen molar-refractivity contribution in [3.63, 3.8) is 0 Å². The average molecular weight is 341 g/mol. The maximum absolute atomic E-state index is 12.3. The molecule has 1 heterocycles. The number of fused-ring (bicyclic) bond motifs is 1. The molecule has 1 aliphatic heterocycles. The number of hydrogen-bond acceptors (Lipinski definition) is 4. The van der Waals surface area contributed by atoms with Crippen LogP contribution in [0.25, 0.3) is 10.8 Å². The molecule has 3 rings (SSSR count). The number of rotatable bonds is 6. The molecule has 1 saturated heterocycles. The molecule has 5 heteroatoms. The molecule has 0 spiro atoms. The van der Waals surface area contributed by atoms with Gasteiger partial charge < -0.3 is 15.4 Å². The van der Waals surface area contributed by atoms with Crippen molar-refractivity contribution in [1.29, 1.82) is 0 Å². The van der Waals surface area contributed by atoms with E-state index in [2.05, 4.69) is 47.4 Å². The van der Waals surface area contributed by atoms with Gasteiger partial charge in [0.05, 0.1) is 12.5 Å². The summed E-state index contributed by atoms with van der Waals surface area (Å²) in [5.74, 6) is 0.141. The third-order valence-corrected chi connectivity index (χ3v) is 5.00. The average Bonchev–Trinajstić information content (AvgIpc) is 2.67. The lowest BCUT2D eigenvalue weighted by atomic mass is 10.0. The number of carbonyl (C=O) groups is 1. The van der Waals surface area contributed by atoms with Crippen molar-refractivity contribution in [3.8, 4) is 0 Å². The highest BCUT2D eigenvalue weighted by Crippen LogP contribution is 2.20. The Kier molecular flexibility index (Phi) is 6.02. The summed E-state index contributed by atoms with van der Waals surface area (Å²) in [4.78, 5) is 16.7. The van der Waals surface area contributed by atoms with Crippen LogP contribution in [0, 0.1) is 0 Å². The van der Waals surface area contributed by atoms with Crippen LogP contribution in [0.5, 0.6) is 0 Å². The first kappa shape index (κ1) is 17.9. The molecule has 1 fully saturated rings. The number of ether oxygens (including phenoxy) is 1. The molecule has 0 saturated carbocycles. The Hall–Kier alpha value is -1.95. The fraction of sp³-hybridized carbons (Fsp3) is 0.450.